The molecule has 1 atom stereocenters. The first-order chi connectivity index (χ1) is 8.80. The summed E-state index contributed by atoms with van der Waals surface area (Å²) in [7, 11) is 0. The van der Waals surface area contributed by atoms with E-state index in [9.17, 15) is 8.78 Å². The number of hydrogen-bond donors (Lipinski definition) is 2. The summed E-state index contributed by atoms with van der Waals surface area (Å²) in [5.41, 5.74) is 9.05. The van der Waals surface area contributed by atoms with Crippen LogP contribution in [0, 0.1) is 6.92 Å². The number of hydrogen-bond acceptors (Lipinski definition) is 2. The van der Waals surface area contributed by atoms with Gasteiger partial charge >= 0.3 is 0 Å². The van der Waals surface area contributed by atoms with Crippen LogP contribution in [0.3, 0.4) is 0 Å². The van der Waals surface area contributed by atoms with Crippen molar-refractivity contribution in [2.75, 3.05) is 0 Å². The lowest BCUT2D eigenvalue weighted by Gasteiger charge is -2.23. The van der Waals surface area contributed by atoms with E-state index in [1.807, 2.05) is 19.1 Å². The third-order valence-electron chi connectivity index (χ3n) is 3.50. The Morgan fingerprint density at radius 1 is 1.26 bits per heavy atom. The summed E-state index contributed by atoms with van der Waals surface area (Å²) in [4.78, 5) is 0. The van der Waals surface area contributed by atoms with Crippen LogP contribution in [0.1, 0.15) is 43.4 Å². The fourth-order valence-corrected chi connectivity index (χ4v) is 2.37. The molecule has 0 radical (unpaired) electrons. The lowest BCUT2D eigenvalue weighted by Crippen LogP contribution is -2.43. The maximum Gasteiger partial charge on any atom is 0.266 e. The standard InChI is InChI=1S/C15H20F2N2/c1-9(2)11-5-6-12(10(3)7-11)13-8-18-19-14(13)15(4,16)17/h5-9,14,18-19H,1-4H3. The average molecular weight is 266 g/mol. The van der Waals surface area contributed by atoms with Crippen molar-refractivity contribution >= 4 is 5.57 Å². The second-order valence-corrected chi connectivity index (χ2v) is 5.51. The normalized spacial score (nSPS) is 19.5. The number of alkyl halides is 2. The Morgan fingerprint density at radius 3 is 2.47 bits per heavy atom. The minimum absolute atomic E-state index is 0.435. The van der Waals surface area contributed by atoms with Gasteiger partial charge in [-0.05, 0) is 29.5 Å². The molecule has 0 bridgehead atoms. The van der Waals surface area contributed by atoms with E-state index in [2.05, 4.69) is 30.8 Å². The molecule has 1 heterocycles. The molecule has 0 aromatic heterocycles. The van der Waals surface area contributed by atoms with Crippen LogP contribution in [-0.4, -0.2) is 12.0 Å². The maximum atomic E-state index is 13.6. The first-order valence-corrected chi connectivity index (χ1v) is 6.50. The second-order valence-electron chi connectivity index (χ2n) is 5.51. The van der Waals surface area contributed by atoms with Crippen LogP contribution >= 0.6 is 0 Å². The van der Waals surface area contributed by atoms with E-state index in [1.54, 1.807) is 6.20 Å². The minimum Gasteiger partial charge on any atom is -0.328 e. The van der Waals surface area contributed by atoms with Crippen LogP contribution < -0.4 is 10.9 Å². The zero-order chi connectivity index (χ0) is 14.2. The molecule has 1 unspecified atom stereocenters. The van der Waals surface area contributed by atoms with Gasteiger partial charge in [-0.1, -0.05) is 32.0 Å². The highest BCUT2D eigenvalue weighted by atomic mass is 19.3. The number of halogens is 2. The molecule has 1 aromatic rings. The number of rotatable bonds is 3. The molecule has 0 spiro atoms. The molecule has 0 saturated heterocycles. The van der Waals surface area contributed by atoms with Crippen molar-refractivity contribution in [2.45, 2.75) is 45.6 Å². The summed E-state index contributed by atoms with van der Waals surface area (Å²) in [6, 6.07) is 5.03. The molecular formula is C15H20F2N2. The van der Waals surface area contributed by atoms with Crippen LogP contribution in [0.5, 0.6) is 0 Å². The summed E-state index contributed by atoms with van der Waals surface area (Å²) in [5, 5.41) is 0. The van der Waals surface area contributed by atoms with Crippen LogP contribution in [0.15, 0.2) is 24.4 Å². The van der Waals surface area contributed by atoms with Crippen molar-refractivity contribution in [3.05, 3.63) is 41.1 Å². The lowest BCUT2D eigenvalue weighted by atomic mass is 9.90. The van der Waals surface area contributed by atoms with Gasteiger partial charge in [0.25, 0.3) is 5.92 Å². The van der Waals surface area contributed by atoms with Crippen LogP contribution in [0.4, 0.5) is 8.78 Å². The molecule has 19 heavy (non-hydrogen) atoms. The third kappa shape index (κ3) is 2.78. The van der Waals surface area contributed by atoms with Gasteiger partial charge in [-0.25, -0.2) is 14.2 Å². The number of aryl methyl sites for hydroxylation is 1. The van der Waals surface area contributed by atoms with Crippen molar-refractivity contribution in [1.29, 1.82) is 0 Å². The van der Waals surface area contributed by atoms with Crippen molar-refractivity contribution in [3.8, 4) is 0 Å². The van der Waals surface area contributed by atoms with Gasteiger partial charge in [-0.3, -0.25) is 0 Å². The van der Waals surface area contributed by atoms with Crippen LogP contribution in [-0.2, 0) is 0 Å². The molecule has 104 valence electrons. The zero-order valence-corrected chi connectivity index (χ0v) is 11.7. The number of nitrogens with one attached hydrogen (secondary N) is 2. The van der Waals surface area contributed by atoms with E-state index in [0.717, 1.165) is 18.1 Å². The fraction of sp³-hybridized carbons (Fsp3) is 0.467. The van der Waals surface area contributed by atoms with E-state index in [4.69, 9.17) is 0 Å². The predicted molar refractivity (Wildman–Crippen MR) is 73.9 cm³/mol. The quantitative estimate of drug-likeness (QED) is 0.873. The monoisotopic (exact) mass is 266 g/mol. The van der Waals surface area contributed by atoms with Crippen molar-refractivity contribution < 1.29 is 8.78 Å². The van der Waals surface area contributed by atoms with Crippen molar-refractivity contribution in [2.24, 2.45) is 0 Å². The largest absolute Gasteiger partial charge is 0.328 e. The van der Waals surface area contributed by atoms with Crippen LogP contribution in [0.2, 0.25) is 0 Å². The zero-order valence-electron chi connectivity index (χ0n) is 11.7. The van der Waals surface area contributed by atoms with Gasteiger partial charge in [0.15, 0.2) is 0 Å². The second kappa shape index (κ2) is 4.93. The fourth-order valence-electron chi connectivity index (χ4n) is 2.37. The van der Waals surface area contributed by atoms with E-state index in [0.29, 0.717) is 11.5 Å². The van der Waals surface area contributed by atoms with E-state index in [-0.39, 0.29) is 0 Å². The van der Waals surface area contributed by atoms with Crippen molar-refractivity contribution in [1.82, 2.24) is 10.9 Å². The highest BCUT2D eigenvalue weighted by molar-refractivity contribution is 5.74. The average Bonchev–Trinajstić information content (AvgIpc) is 2.77. The van der Waals surface area contributed by atoms with Gasteiger partial charge in [-0.2, -0.15) is 0 Å². The highest BCUT2D eigenvalue weighted by Gasteiger charge is 2.39. The Bertz CT molecular complexity index is 501. The topological polar surface area (TPSA) is 24.1 Å². The summed E-state index contributed by atoms with van der Waals surface area (Å²) in [5.74, 6) is -2.37. The predicted octanol–water partition coefficient (Wildman–Crippen LogP) is 3.59. The van der Waals surface area contributed by atoms with Gasteiger partial charge < -0.3 is 5.43 Å². The van der Waals surface area contributed by atoms with E-state index < -0.39 is 12.0 Å². The first-order valence-electron chi connectivity index (χ1n) is 6.50. The molecule has 2 rings (SSSR count). The van der Waals surface area contributed by atoms with Crippen LogP contribution in [0.25, 0.3) is 5.57 Å². The van der Waals surface area contributed by atoms with Crippen molar-refractivity contribution in [3.63, 3.8) is 0 Å². The number of benzene rings is 1. The van der Waals surface area contributed by atoms with Gasteiger partial charge in [-0.15, -0.1) is 0 Å². The molecular weight excluding hydrogens is 246 g/mol. The molecule has 4 heteroatoms. The Morgan fingerprint density at radius 2 is 1.95 bits per heavy atom. The lowest BCUT2D eigenvalue weighted by molar-refractivity contribution is 0.000955. The molecule has 2 nitrogen and oxygen atoms in total. The molecule has 0 aliphatic carbocycles. The molecule has 0 saturated carbocycles. The molecule has 0 fully saturated rings. The van der Waals surface area contributed by atoms with Gasteiger partial charge in [0.1, 0.15) is 6.04 Å². The molecule has 0 amide bonds. The Kier molecular flexibility index (Phi) is 3.63. The smallest absolute Gasteiger partial charge is 0.266 e. The molecule has 2 N–H and O–H groups in total. The first kappa shape index (κ1) is 14.0. The summed E-state index contributed by atoms with van der Waals surface area (Å²) in [6.07, 6.45) is 1.62. The maximum absolute atomic E-state index is 13.6. The van der Waals surface area contributed by atoms with E-state index in [1.165, 1.54) is 5.56 Å². The molecule has 1 aromatic carbocycles. The van der Waals surface area contributed by atoms with Gasteiger partial charge in [0.05, 0.1) is 0 Å². The van der Waals surface area contributed by atoms with Gasteiger partial charge in [0.2, 0.25) is 0 Å². The summed E-state index contributed by atoms with van der Waals surface area (Å²) >= 11 is 0. The van der Waals surface area contributed by atoms with Gasteiger partial charge in [0, 0.05) is 18.7 Å². The highest BCUT2D eigenvalue weighted by Crippen LogP contribution is 2.33. The molecule has 1 aliphatic rings. The summed E-state index contributed by atoms with van der Waals surface area (Å²) in [6.45, 7) is 7.14. The Balaban J connectivity index is 2.37. The SMILES string of the molecule is Cc1cc(C(C)C)ccc1C1=CNNC1C(C)(F)F. The molecule has 1 aliphatic heterocycles. The minimum atomic E-state index is -2.81. The Labute approximate surface area is 112 Å². The van der Waals surface area contributed by atoms with E-state index >= 15 is 0 Å². The summed E-state index contributed by atoms with van der Waals surface area (Å²) < 4.78 is 27.1. The Hall–Kier alpha value is -1.42. The number of hydrazine groups is 1. The third-order valence-corrected chi connectivity index (χ3v) is 3.50.